The fraction of sp³-hybridized carbons (Fsp3) is 0.200. The summed E-state index contributed by atoms with van der Waals surface area (Å²) in [4.78, 5) is 15.8. The molecule has 0 spiro atoms. The summed E-state index contributed by atoms with van der Waals surface area (Å²) in [7, 11) is 0. The van der Waals surface area contributed by atoms with Gasteiger partial charge in [0.05, 0.1) is 6.54 Å². The number of hydrogen-bond donors (Lipinski definition) is 2. The Morgan fingerprint density at radius 2 is 1.85 bits per heavy atom. The van der Waals surface area contributed by atoms with Crippen LogP contribution < -0.4 is 10.6 Å². The SMILES string of the molecule is C[C@H](NCC(=O)Nc1ccc(Cl)cc1)c1ccncc1. The van der Waals surface area contributed by atoms with Crippen LogP contribution in [0, 0.1) is 0 Å². The maximum atomic E-state index is 11.8. The van der Waals surface area contributed by atoms with Gasteiger partial charge in [-0.05, 0) is 48.9 Å². The second-order valence-electron chi connectivity index (χ2n) is 4.44. The molecule has 1 atom stereocenters. The molecule has 0 saturated heterocycles. The number of hydrogen-bond acceptors (Lipinski definition) is 3. The molecule has 2 rings (SSSR count). The summed E-state index contributed by atoms with van der Waals surface area (Å²) >= 11 is 5.79. The highest BCUT2D eigenvalue weighted by molar-refractivity contribution is 6.30. The number of halogens is 1. The minimum atomic E-state index is -0.0896. The van der Waals surface area contributed by atoms with Gasteiger partial charge in [-0.1, -0.05) is 11.6 Å². The maximum Gasteiger partial charge on any atom is 0.238 e. The largest absolute Gasteiger partial charge is 0.325 e. The zero-order valence-corrected chi connectivity index (χ0v) is 11.9. The Balaban J connectivity index is 1.82. The molecule has 104 valence electrons. The van der Waals surface area contributed by atoms with Crippen molar-refractivity contribution in [3.05, 3.63) is 59.4 Å². The van der Waals surface area contributed by atoms with Gasteiger partial charge in [0.15, 0.2) is 0 Å². The molecule has 4 nitrogen and oxygen atoms in total. The van der Waals surface area contributed by atoms with Gasteiger partial charge in [0.2, 0.25) is 5.91 Å². The van der Waals surface area contributed by atoms with Gasteiger partial charge in [-0.15, -0.1) is 0 Å². The van der Waals surface area contributed by atoms with Crippen LogP contribution in [0.4, 0.5) is 5.69 Å². The van der Waals surface area contributed by atoms with Gasteiger partial charge in [0.25, 0.3) is 0 Å². The zero-order valence-electron chi connectivity index (χ0n) is 11.1. The third kappa shape index (κ3) is 4.33. The summed E-state index contributed by atoms with van der Waals surface area (Å²) in [6.45, 7) is 2.25. The van der Waals surface area contributed by atoms with Gasteiger partial charge in [0, 0.05) is 29.1 Å². The summed E-state index contributed by atoms with van der Waals surface area (Å²) in [5.74, 6) is -0.0896. The first-order chi connectivity index (χ1) is 9.65. The van der Waals surface area contributed by atoms with E-state index in [0.29, 0.717) is 5.02 Å². The molecular weight excluding hydrogens is 274 g/mol. The molecule has 1 aromatic carbocycles. The van der Waals surface area contributed by atoms with E-state index in [-0.39, 0.29) is 18.5 Å². The lowest BCUT2D eigenvalue weighted by atomic mass is 10.1. The maximum absolute atomic E-state index is 11.8. The van der Waals surface area contributed by atoms with Crippen molar-refractivity contribution in [3.8, 4) is 0 Å². The number of rotatable bonds is 5. The zero-order chi connectivity index (χ0) is 14.4. The van der Waals surface area contributed by atoms with Crippen LogP contribution in [0.15, 0.2) is 48.8 Å². The van der Waals surface area contributed by atoms with Crippen molar-refractivity contribution in [2.45, 2.75) is 13.0 Å². The average molecular weight is 290 g/mol. The predicted octanol–water partition coefficient (Wildman–Crippen LogP) is 3.02. The standard InChI is InChI=1S/C15H16ClN3O/c1-11(12-6-8-17-9-7-12)18-10-15(20)19-14-4-2-13(16)3-5-14/h2-9,11,18H,10H2,1H3,(H,19,20)/t11-/m0/s1. The third-order valence-electron chi connectivity index (χ3n) is 2.90. The van der Waals surface area contributed by atoms with E-state index in [9.17, 15) is 4.79 Å². The molecule has 2 aromatic rings. The molecule has 0 unspecified atom stereocenters. The van der Waals surface area contributed by atoms with Crippen molar-refractivity contribution >= 4 is 23.2 Å². The number of nitrogens with zero attached hydrogens (tertiary/aromatic N) is 1. The molecular formula is C15H16ClN3O. The lowest BCUT2D eigenvalue weighted by Gasteiger charge is -2.13. The number of aromatic nitrogens is 1. The molecule has 1 heterocycles. The van der Waals surface area contributed by atoms with Gasteiger partial charge in [-0.2, -0.15) is 0 Å². The number of benzene rings is 1. The Morgan fingerprint density at radius 1 is 1.20 bits per heavy atom. The van der Waals surface area contributed by atoms with Gasteiger partial charge in [-0.3, -0.25) is 9.78 Å². The Morgan fingerprint density at radius 3 is 2.50 bits per heavy atom. The Labute approximate surface area is 123 Å². The number of amides is 1. The second-order valence-corrected chi connectivity index (χ2v) is 4.87. The highest BCUT2D eigenvalue weighted by Gasteiger charge is 2.07. The summed E-state index contributed by atoms with van der Waals surface area (Å²) < 4.78 is 0. The van der Waals surface area contributed by atoms with E-state index >= 15 is 0 Å². The minimum absolute atomic E-state index is 0.0896. The van der Waals surface area contributed by atoms with E-state index in [2.05, 4.69) is 15.6 Å². The van der Waals surface area contributed by atoms with E-state index in [0.717, 1.165) is 11.3 Å². The average Bonchev–Trinajstić information content (AvgIpc) is 2.48. The summed E-state index contributed by atoms with van der Waals surface area (Å²) in [5, 5.41) is 6.61. The van der Waals surface area contributed by atoms with E-state index in [1.165, 1.54) is 0 Å². The summed E-state index contributed by atoms with van der Waals surface area (Å²) in [6.07, 6.45) is 3.47. The van der Waals surface area contributed by atoms with Crippen molar-refractivity contribution < 1.29 is 4.79 Å². The molecule has 1 amide bonds. The highest BCUT2D eigenvalue weighted by atomic mass is 35.5. The Hall–Kier alpha value is -1.91. The molecule has 5 heteroatoms. The van der Waals surface area contributed by atoms with Crippen LogP contribution in [-0.4, -0.2) is 17.4 Å². The Kier molecular flexibility index (Phi) is 5.09. The summed E-state index contributed by atoms with van der Waals surface area (Å²) in [6, 6.07) is 11.0. The molecule has 0 radical (unpaired) electrons. The van der Waals surface area contributed by atoms with E-state index in [1.807, 2.05) is 19.1 Å². The normalized spacial score (nSPS) is 11.9. The summed E-state index contributed by atoms with van der Waals surface area (Å²) in [5.41, 5.74) is 1.83. The van der Waals surface area contributed by atoms with Gasteiger partial charge in [-0.25, -0.2) is 0 Å². The van der Waals surface area contributed by atoms with Crippen LogP contribution in [0.1, 0.15) is 18.5 Å². The second kappa shape index (κ2) is 7.03. The molecule has 0 aliphatic carbocycles. The van der Waals surface area contributed by atoms with Crippen LogP contribution in [0.2, 0.25) is 5.02 Å². The minimum Gasteiger partial charge on any atom is -0.325 e. The first kappa shape index (κ1) is 14.5. The quantitative estimate of drug-likeness (QED) is 0.889. The monoisotopic (exact) mass is 289 g/mol. The number of carbonyl (C=O) groups is 1. The fourth-order valence-corrected chi connectivity index (χ4v) is 1.88. The molecule has 20 heavy (non-hydrogen) atoms. The van der Waals surface area contributed by atoms with Gasteiger partial charge < -0.3 is 10.6 Å². The first-order valence-corrected chi connectivity index (χ1v) is 6.71. The lowest BCUT2D eigenvalue weighted by Crippen LogP contribution is -2.30. The van der Waals surface area contributed by atoms with Crippen molar-refractivity contribution in [3.63, 3.8) is 0 Å². The molecule has 0 bridgehead atoms. The Bertz CT molecular complexity index is 557. The van der Waals surface area contributed by atoms with E-state index < -0.39 is 0 Å². The van der Waals surface area contributed by atoms with Crippen molar-refractivity contribution in [1.29, 1.82) is 0 Å². The third-order valence-corrected chi connectivity index (χ3v) is 3.15. The van der Waals surface area contributed by atoms with Gasteiger partial charge >= 0.3 is 0 Å². The lowest BCUT2D eigenvalue weighted by molar-refractivity contribution is -0.115. The number of carbonyl (C=O) groups excluding carboxylic acids is 1. The molecule has 0 aliphatic heterocycles. The molecule has 1 aromatic heterocycles. The van der Waals surface area contributed by atoms with Crippen molar-refractivity contribution in [1.82, 2.24) is 10.3 Å². The van der Waals surface area contributed by atoms with Crippen LogP contribution in [0.3, 0.4) is 0 Å². The molecule has 0 aliphatic rings. The van der Waals surface area contributed by atoms with Gasteiger partial charge in [0.1, 0.15) is 0 Å². The van der Waals surface area contributed by atoms with E-state index in [4.69, 9.17) is 11.6 Å². The number of anilines is 1. The molecule has 2 N–H and O–H groups in total. The van der Waals surface area contributed by atoms with Crippen LogP contribution in [-0.2, 0) is 4.79 Å². The van der Waals surface area contributed by atoms with Crippen LogP contribution in [0.5, 0.6) is 0 Å². The number of pyridine rings is 1. The van der Waals surface area contributed by atoms with Crippen molar-refractivity contribution in [2.24, 2.45) is 0 Å². The number of nitrogens with one attached hydrogen (secondary N) is 2. The fourth-order valence-electron chi connectivity index (χ4n) is 1.75. The van der Waals surface area contributed by atoms with Crippen molar-refractivity contribution in [2.75, 3.05) is 11.9 Å². The highest BCUT2D eigenvalue weighted by Crippen LogP contribution is 2.13. The molecule has 0 fully saturated rings. The topological polar surface area (TPSA) is 54.0 Å². The smallest absolute Gasteiger partial charge is 0.238 e. The van der Waals surface area contributed by atoms with E-state index in [1.54, 1.807) is 36.7 Å². The predicted molar refractivity (Wildman–Crippen MR) is 80.7 cm³/mol. The van der Waals surface area contributed by atoms with Crippen LogP contribution >= 0.6 is 11.6 Å². The van der Waals surface area contributed by atoms with Crippen LogP contribution in [0.25, 0.3) is 0 Å². The first-order valence-electron chi connectivity index (χ1n) is 6.34. The molecule has 0 saturated carbocycles.